The van der Waals surface area contributed by atoms with Crippen LogP contribution in [0.4, 0.5) is 32.0 Å². The van der Waals surface area contributed by atoms with Crippen molar-refractivity contribution in [1.82, 2.24) is 4.98 Å². The Morgan fingerprint density at radius 2 is 1.51 bits per heavy atom. The van der Waals surface area contributed by atoms with E-state index in [1.165, 1.54) is 43.3 Å². The SMILES string of the molecule is CC(Oc1ccc(Oc2ncc(C(F)(F)F)cc2Cl)cc1)C(=O)Nc1ccc(OC(F)(F)F)cc1. The van der Waals surface area contributed by atoms with Crippen LogP contribution >= 0.6 is 11.6 Å². The number of hydrogen-bond donors (Lipinski definition) is 1. The number of alkyl halides is 6. The molecule has 1 heterocycles. The van der Waals surface area contributed by atoms with Gasteiger partial charge in [-0.3, -0.25) is 4.79 Å². The molecule has 1 N–H and O–H groups in total. The number of halogens is 7. The maximum Gasteiger partial charge on any atom is 0.573 e. The van der Waals surface area contributed by atoms with E-state index in [9.17, 15) is 31.1 Å². The maximum absolute atomic E-state index is 12.7. The first kappa shape index (κ1) is 25.9. The van der Waals surface area contributed by atoms with Crippen molar-refractivity contribution >= 4 is 23.2 Å². The second-order valence-electron chi connectivity index (χ2n) is 6.90. The van der Waals surface area contributed by atoms with Gasteiger partial charge in [-0.25, -0.2) is 4.98 Å². The van der Waals surface area contributed by atoms with Crippen LogP contribution in [0.5, 0.6) is 23.1 Å². The van der Waals surface area contributed by atoms with Crippen LogP contribution in [0.1, 0.15) is 12.5 Å². The molecule has 1 aromatic heterocycles. The highest BCUT2D eigenvalue weighted by molar-refractivity contribution is 6.31. The van der Waals surface area contributed by atoms with Crippen LogP contribution in [0, 0.1) is 0 Å². The molecule has 0 aliphatic carbocycles. The van der Waals surface area contributed by atoms with Crippen molar-refractivity contribution in [2.75, 3.05) is 5.32 Å². The lowest BCUT2D eigenvalue weighted by atomic mass is 10.2. The number of carbonyl (C=O) groups excluding carboxylic acids is 1. The molecule has 35 heavy (non-hydrogen) atoms. The molecule has 0 saturated heterocycles. The molecule has 2 aromatic carbocycles. The molecule has 0 radical (unpaired) electrons. The van der Waals surface area contributed by atoms with Crippen molar-refractivity contribution in [3.63, 3.8) is 0 Å². The van der Waals surface area contributed by atoms with Crippen LogP contribution in [-0.4, -0.2) is 23.4 Å². The summed E-state index contributed by atoms with van der Waals surface area (Å²) in [4.78, 5) is 15.9. The lowest BCUT2D eigenvalue weighted by Crippen LogP contribution is -2.30. The molecule has 1 atom stereocenters. The van der Waals surface area contributed by atoms with Crippen LogP contribution < -0.4 is 19.5 Å². The third-order valence-corrected chi connectivity index (χ3v) is 4.48. The summed E-state index contributed by atoms with van der Waals surface area (Å²) < 4.78 is 89.4. The minimum atomic E-state index is -4.83. The molecule has 0 aliphatic heterocycles. The van der Waals surface area contributed by atoms with E-state index >= 15 is 0 Å². The fraction of sp³-hybridized carbons (Fsp3) is 0.182. The number of amides is 1. The van der Waals surface area contributed by atoms with Gasteiger partial charge in [-0.15, -0.1) is 13.2 Å². The Morgan fingerprint density at radius 1 is 0.943 bits per heavy atom. The Labute approximate surface area is 199 Å². The standard InChI is InChI=1S/C22H15ClF6N2O4/c1-12(19(32)31-14-2-4-17(5-3-14)35-22(27,28)29)33-15-6-8-16(9-7-15)34-20-18(23)10-13(11-30-20)21(24,25)26/h2-12H,1H3,(H,31,32). The highest BCUT2D eigenvalue weighted by Gasteiger charge is 2.32. The molecule has 6 nitrogen and oxygen atoms in total. The van der Waals surface area contributed by atoms with Gasteiger partial charge in [0.2, 0.25) is 5.88 Å². The fourth-order valence-electron chi connectivity index (χ4n) is 2.59. The largest absolute Gasteiger partial charge is 0.573 e. The quantitative estimate of drug-likeness (QED) is 0.345. The lowest BCUT2D eigenvalue weighted by Gasteiger charge is -2.15. The van der Waals surface area contributed by atoms with E-state index < -0.39 is 35.9 Å². The summed E-state index contributed by atoms with van der Waals surface area (Å²) >= 11 is 5.81. The summed E-state index contributed by atoms with van der Waals surface area (Å²) in [5.74, 6) is -0.775. The minimum absolute atomic E-state index is 0.199. The average Bonchev–Trinajstić information content (AvgIpc) is 2.76. The molecule has 0 saturated carbocycles. The van der Waals surface area contributed by atoms with Crippen LogP contribution in [0.2, 0.25) is 5.02 Å². The topological polar surface area (TPSA) is 69.7 Å². The van der Waals surface area contributed by atoms with Crippen molar-refractivity contribution in [1.29, 1.82) is 0 Å². The third kappa shape index (κ3) is 7.67. The molecule has 1 amide bonds. The summed E-state index contributed by atoms with van der Waals surface area (Å²) in [6, 6.07) is 11.0. The van der Waals surface area contributed by atoms with E-state index in [-0.39, 0.29) is 28.1 Å². The molecule has 3 aromatic rings. The van der Waals surface area contributed by atoms with Crippen LogP contribution in [0.25, 0.3) is 0 Å². The molecule has 0 bridgehead atoms. The van der Waals surface area contributed by atoms with Gasteiger partial charge in [-0.05, 0) is 61.5 Å². The Morgan fingerprint density at radius 3 is 2.06 bits per heavy atom. The predicted octanol–water partition coefficient (Wildman–Crippen LogP) is 6.85. The zero-order valence-corrected chi connectivity index (χ0v) is 18.3. The highest BCUT2D eigenvalue weighted by Crippen LogP contribution is 2.35. The Bertz CT molecular complexity index is 1170. The van der Waals surface area contributed by atoms with Crippen molar-refractivity contribution in [3.05, 3.63) is 71.4 Å². The number of anilines is 1. The van der Waals surface area contributed by atoms with Crippen LogP contribution in [-0.2, 0) is 11.0 Å². The van der Waals surface area contributed by atoms with Gasteiger partial charge in [0, 0.05) is 11.9 Å². The van der Waals surface area contributed by atoms with Gasteiger partial charge >= 0.3 is 12.5 Å². The summed E-state index contributed by atoms with van der Waals surface area (Å²) in [5.41, 5.74) is -0.791. The van der Waals surface area contributed by atoms with Crippen molar-refractivity contribution in [2.45, 2.75) is 25.6 Å². The maximum atomic E-state index is 12.7. The number of benzene rings is 2. The Hall–Kier alpha value is -3.67. The predicted molar refractivity (Wildman–Crippen MR) is 113 cm³/mol. The van der Waals surface area contributed by atoms with Gasteiger partial charge in [-0.1, -0.05) is 11.6 Å². The van der Waals surface area contributed by atoms with Crippen molar-refractivity contribution in [2.24, 2.45) is 0 Å². The van der Waals surface area contributed by atoms with Gasteiger partial charge in [0.05, 0.1) is 5.56 Å². The summed E-state index contributed by atoms with van der Waals surface area (Å²) in [6.45, 7) is 1.45. The number of nitrogens with zero attached hydrogens (tertiary/aromatic N) is 1. The van der Waals surface area contributed by atoms with Crippen LogP contribution in [0.3, 0.4) is 0 Å². The number of hydrogen-bond acceptors (Lipinski definition) is 5. The molecule has 3 rings (SSSR count). The average molecular weight is 521 g/mol. The van der Waals surface area contributed by atoms with E-state index in [1.807, 2.05) is 0 Å². The number of ether oxygens (including phenoxy) is 3. The van der Waals surface area contributed by atoms with Crippen molar-refractivity contribution in [3.8, 4) is 23.1 Å². The molecule has 186 valence electrons. The molecular formula is C22H15ClF6N2O4. The van der Waals surface area contributed by atoms with Gasteiger partial charge < -0.3 is 19.5 Å². The van der Waals surface area contributed by atoms with Gasteiger partial charge in [-0.2, -0.15) is 13.2 Å². The van der Waals surface area contributed by atoms with Gasteiger partial charge in [0.1, 0.15) is 22.3 Å². The third-order valence-electron chi connectivity index (χ3n) is 4.21. The second kappa shape index (κ2) is 10.3. The summed E-state index contributed by atoms with van der Waals surface area (Å²) in [7, 11) is 0. The monoisotopic (exact) mass is 520 g/mol. The number of rotatable bonds is 7. The first-order chi connectivity index (χ1) is 16.3. The Balaban J connectivity index is 1.56. The summed E-state index contributed by atoms with van der Waals surface area (Å²) in [5, 5.41) is 2.16. The van der Waals surface area contributed by atoms with E-state index in [0.717, 1.165) is 12.1 Å². The first-order valence-corrected chi connectivity index (χ1v) is 10.0. The minimum Gasteiger partial charge on any atom is -0.481 e. The lowest BCUT2D eigenvalue weighted by molar-refractivity contribution is -0.274. The number of carbonyl (C=O) groups is 1. The number of nitrogens with one attached hydrogen (secondary N) is 1. The van der Waals surface area contributed by atoms with Gasteiger partial charge in [0.25, 0.3) is 5.91 Å². The smallest absolute Gasteiger partial charge is 0.481 e. The molecule has 13 heteroatoms. The molecule has 0 fully saturated rings. The normalized spacial score (nSPS) is 12.6. The molecular weight excluding hydrogens is 506 g/mol. The Kier molecular flexibility index (Phi) is 7.64. The van der Waals surface area contributed by atoms with E-state index in [2.05, 4.69) is 15.0 Å². The fourth-order valence-corrected chi connectivity index (χ4v) is 2.80. The number of aromatic nitrogens is 1. The molecule has 0 aliphatic rings. The molecule has 1 unspecified atom stereocenters. The summed E-state index contributed by atoms with van der Waals surface area (Å²) in [6.07, 6.45) is -9.81. The zero-order valence-electron chi connectivity index (χ0n) is 17.6. The van der Waals surface area contributed by atoms with Gasteiger partial charge in [0.15, 0.2) is 6.10 Å². The first-order valence-electron chi connectivity index (χ1n) is 9.64. The number of pyridine rings is 1. The molecule has 0 spiro atoms. The van der Waals surface area contributed by atoms with E-state index in [1.54, 1.807) is 0 Å². The van der Waals surface area contributed by atoms with E-state index in [4.69, 9.17) is 21.1 Å². The second-order valence-corrected chi connectivity index (χ2v) is 7.31. The van der Waals surface area contributed by atoms with Crippen molar-refractivity contribution < 1.29 is 45.3 Å². The highest BCUT2D eigenvalue weighted by atomic mass is 35.5. The zero-order chi connectivity index (χ0) is 25.8. The van der Waals surface area contributed by atoms with E-state index in [0.29, 0.717) is 12.3 Å². The van der Waals surface area contributed by atoms with Crippen LogP contribution in [0.15, 0.2) is 60.8 Å².